The molecule has 7 nitrogen and oxygen atoms in total. The molecular formula is C11H13NO6S2. The molecule has 1 aromatic rings. The molecule has 1 aliphatic heterocycles. The molecule has 0 bridgehead atoms. The van der Waals surface area contributed by atoms with Gasteiger partial charge < -0.3 is 0 Å². The van der Waals surface area contributed by atoms with E-state index in [0.29, 0.717) is 11.3 Å². The number of rotatable bonds is 4. The molecule has 1 unspecified atom stereocenters. The highest BCUT2D eigenvalue weighted by Gasteiger charge is 2.34. The van der Waals surface area contributed by atoms with Gasteiger partial charge in [-0.1, -0.05) is 18.2 Å². The maximum atomic E-state index is 11.3. The van der Waals surface area contributed by atoms with Crippen molar-refractivity contribution in [3.8, 4) is 0 Å². The molecule has 1 aliphatic rings. The Labute approximate surface area is 116 Å². The number of aliphatic imine (C=N–C) groups is 1. The fourth-order valence-corrected chi connectivity index (χ4v) is 3.55. The van der Waals surface area contributed by atoms with Crippen LogP contribution in [-0.4, -0.2) is 36.7 Å². The Morgan fingerprint density at radius 1 is 1.10 bits per heavy atom. The van der Waals surface area contributed by atoms with Gasteiger partial charge in [-0.3, -0.25) is 9.11 Å². The largest absolute Gasteiger partial charge is 0.308 e. The second-order valence-corrected chi connectivity index (χ2v) is 7.41. The third-order valence-corrected chi connectivity index (χ3v) is 4.71. The highest BCUT2D eigenvalue weighted by molar-refractivity contribution is 8.01. The van der Waals surface area contributed by atoms with Crippen LogP contribution in [0.4, 0.5) is 5.69 Å². The SMILES string of the molecule is O=S(=O)(O)CCCC1C(S(=O)(=O)O)=Nc2ccccc21. The maximum Gasteiger partial charge on any atom is 0.308 e. The van der Waals surface area contributed by atoms with Crippen molar-refractivity contribution in [2.45, 2.75) is 18.8 Å². The summed E-state index contributed by atoms with van der Waals surface area (Å²) in [7, 11) is -8.55. The molecule has 0 radical (unpaired) electrons. The standard InChI is InChI=1S/C11H13NO6S2/c13-19(14,15)7-3-5-9-8-4-1-2-6-10(8)12-11(9)20(16,17)18/h1-2,4,6,9H,3,5,7H2,(H,13,14,15)(H,16,17,18). The van der Waals surface area contributed by atoms with Crippen molar-refractivity contribution in [1.29, 1.82) is 0 Å². The average Bonchev–Trinajstić information content (AvgIpc) is 2.67. The monoisotopic (exact) mass is 319 g/mol. The molecule has 1 heterocycles. The van der Waals surface area contributed by atoms with E-state index in [0.717, 1.165) is 0 Å². The predicted molar refractivity (Wildman–Crippen MR) is 73.5 cm³/mol. The molecule has 110 valence electrons. The highest BCUT2D eigenvalue weighted by Crippen LogP contribution is 2.39. The van der Waals surface area contributed by atoms with Crippen molar-refractivity contribution in [2.75, 3.05) is 5.75 Å². The first-order valence-electron chi connectivity index (χ1n) is 5.78. The predicted octanol–water partition coefficient (Wildman–Crippen LogP) is 1.37. The summed E-state index contributed by atoms with van der Waals surface area (Å²) in [6.45, 7) is 0. The molecule has 0 amide bonds. The third-order valence-electron chi connectivity index (χ3n) is 3.00. The molecular weight excluding hydrogens is 306 g/mol. The summed E-state index contributed by atoms with van der Waals surface area (Å²) in [5.41, 5.74) is 1.06. The van der Waals surface area contributed by atoms with Crippen LogP contribution >= 0.6 is 0 Å². The van der Waals surface area contributed by atoms with E-state index in [2.05, 4.69) is 4.99 Å². The van der Waals surface area contributed by atoms with Gasteiger partial charge in [0.25, 0.3) is 10.1 Å². The minimum atomic E-state index is -4.45. The van der Waals surface area contributed by atoms with Crippen LogP contribution in [0.1, 0.15) is 24.3 Å². The summed E-state index contributed by atoms with van der Waals surface area (Å²) in [5.74, 6) is -1.16. The molecule has 9 heteroatoms. The van der Waals surface area contributed by atoms with Crippen molar-refractivity contribution in [3.05, 3.63) is 29.8 Å². The van der Waals surface area contributed by atoms with Crippen LogP contribution in [0.25, 0.3) is 0 Å². The van der Waals surface area contributed by atoms with E-state index in [1.807, 2.05) is 0 Å². The normalized spacial score (nSPS) is 18.7. The minimum Gasteiger partial charge on any atom is -0.286 e. The lowest BCUT2D eigenvalue weighted by molar-refractivity contribution is 0.479. The first-order valence-corrected chi connectivity index (χ1v) is 8.83. The number of hydrogen-bond donors (Lipinski definition) is 2. The Morgan fingerprint density at radius 3 is 2.35 bits per heavy atom. The van der Waals surface area contributed by atoms with E-state index in [1.165, 1.54) is 0 Å². The lowest BCUT2D eigenvalue weighted by Gasteiger charge is -2.12. The van der Waals surface area contributed by atoms with Crippen LogP contribution in [0.5, 0.6) is 0 Å². The van der Waals surface area contributed by atoms with E-state index in [-0.39, 0.29) is 17.9 Å². The van der Waals surface area contributed by atoms with Gasteiger partial charge in [0.15, 0.2) is 5.04 Å². The fourth-order valence-electron chi connectivity index (χ4n) is 2.20. The van der Waals surface area contributed by atoms with Gasteiger partial charge in [0.1, 0.15) is 0 Å². The summed E-state index contributed by atoms with van der Waals surface area (Å²) in [5, 5.41) is -0.381. The van der Waals surface area contributed by atoms with Gasteiger partial charge in [-0.05, 0) is 24.5 Å². The lowest BCUT2D eigenvalue weighted by atomic mass is 9.96. The summed E-state index contributed by atoms with van der Waals surface area (Å²) in [6.07, 6.45) is 0.210. The summed E-state index contributed by atoms with van der Waals surface area (Å²) in [4.78, 5) is 3.89. The second kappa shape index (κ2) is 5.24. The summed E-state index contributed by atoms with van der Waals surface area (Å²) in [6, 6.07) is 6.68. The molecule has 0 aliphatic carbocycles. The molecule has 20 heavy (non-hydrogen) atoms. The van der Waals surface area contributed by atoms with Gasteiger partial charge in [-0.15, -0.1) is 0 Å². The zero-order valence-corrected chi connectivity index (χ0v) is 11.9. The van der Waals surface area contributed by atoms with E-state index in [4.69, 9.17) is 4.55 Å². The summed E-state index contributed by atoms with van der Waals surface area (Å²) >= 11 is 0. The number of para-hydroxylation sites is 1. The van der Waals surface area contributed by atoms with Crippen LogP contribution in [-0.2, 0) is 20.2 Å². The van der Waals surface area contributed by atoms with E-state index in [1.54, 1.807) is 24.3 Å². The maximum absolute atomic E-state index is 11.3. The molecule has 2 N–H and O–H groups in total. The topological polar surface area (TPSA) is 121 Å². The minimum absolute atomic E-state index is 0.0619. The van der Waals surface area contributed by atoms with Crippen LogP contribution in [0.15, 0.2) is 29.3 Å². The quantitative estimate of drug-likeness (QED) is 0.808. The van der Waals surface area contributed by atoms with E-state index in [9.17, 15) is 21.4 Å². The van der Waals surface area contributed by atoms with Crippen LogP contribution in [0.3, 0.4) is 0 Å². The summed E-state index contributed by atoms with van der Waals surface area (Å²) < 4.78 is 61.9. The van der Waals surface area contributed by atoms with Gasteiger partial charge in [0.05, 0.1) is 11.4 Å². The molecule has 0 saturated heterocycles. The van der Waals surface area contributed by atoms with Gasteiger partial charge in [-0.25, -0.2) is 4.99 Å². The van der Waals surface area contributed by atoms with Gasteiger partial charge in [-0.2, -0.15) is 16.8 Å². The Balaban J connectivity index is 2.27. The first-order chi connectivity index (χ1) is 9.18. The van der Waals surface area contributed by atoms with Crippen LogP contribution < -0.4 is 0 Å². The van der Waals surface area contributed by atoms with Crippen LogP contribution in [0.2, 0.25) is 0 Å². The van der Waals surface area contributed by atoms with Crippen molar-refractivity contribution >= 4 is 31.0 Å². The number of benzene rings is 1. The first kappa shape index (κ1) is 15.1. The molecule has 0 saturated carbocycles. The van der Waals surface area contributed by atoms with Crippen LogP contribution in [0, 0.1) is 0 Å². The second-order valence-electron chi connectivity index (χ2n) is 4.46. The highest BCUT2D eigenvalue weighted by atomic mass is 32.2. The van der Waals surface area contributed by atoms with Gasteiger partial charge >= 0.3 is 10.1 Å². The zero-order chi connectivity index (χ0) is 15.0. The molecule has 1 atom stereocenters. The third kappa shape index (κ3) is 3.42. The Bertz CT molecular complexity index is 751. The van der Waals surface area contributed by atoms with Gasteiger partial charge in [0.2, 0.25) is 0 Å². The molecule has 0 aromatic heterocycles. The van der Waals surface area contributed by atoms with Gasteiger partial charge in [0, 0.05) is 5.92 Å². The van der Waals surface area contributed by atoms with Crippen molar-refractivity contribution in [2.24, 2.45) is 4.99 Å². The Hall–Kier alpha value is -1.29. The fraction of sp³-hybridized carbons (Fsp3) is 0.364. The molecule has 0 spiro atoms. The zero-order valence-electron chi connectivity index (χ0n) is 10.3. The van der Waals surface area contributed by atoms with E-state index < -0.39 is 31.9 Å². The lowest BCUT2D eigenvalue weighted by Crippen LogP contribution is -2.20. The number of nitrogens with zero attached hydrogens (tertiary/aromatic N) is 1. The average molecular weight is 319 g/mol. The number of hydrogen-bond acceptors (Lipinski definition) is 5. The molecule has 2 rings (SSSR count). The van der Waals surface area contributed by atoms with Crippen molar-refractivity contribution < 1.29 is 25.9 Å². The van der Waals surface area contributed by atoms with Crippen molar-refractivity contribution in [3.63, 3.8) is 0 Å². The Kier molecular flexibility index (Phi) is 3.96. The molecule has 0 fully saturated rings. The number of fused-ring (bicyclic) bond motifs is 1. The van der Waals surface area contributed by atoms with Crippen molar-refractivity contribution in [1.82, 2.24) is 0 Å². The van der Waals surface area contributed by atoms with E-state index >= 15 is 0 Å². The Morgan fingerprint density at radius 2 is 1.75 bits per heavy atom. The molecule has 1 aromatic carbocycles. The smallest absolute Gasteiger partial charge is 0.286 e.